The summed E-state index contributed by atoms with van der Waals surface area (Å²) in [5, 5.41) is 0. The van der Waals surface area contributed by atoms with Crippen LogP contribution >= 0.6 is 0 Å². The molecule has 0 bridgehead atoms. The number of carbonyl (C=O) groups is 2. The molecule has 3 atom stereocenters. The molecule has 1 amide bonds. The van der Waals surface area contributed by atoms with Crippen molar-refractivity contribution in [2.45, 2.75) is 39.3 Å². The monoisotopic (exact) mass is 275 g/mol. The van der Waals surface area contributed by atoms with Crippen molar-refractivity contribution in [3.8, 4) is 0 Å². The van der Waals surface area contributed by atoms with Crippen LogP contribution in [0.5, 0.6) is 0 Å². The lowest BCUT2D eigenvalue weighted by Gasteiger charge is -2.48. The van der Waals surface area contributed by atoms with Crippen LogP contribution in [-0.4, -0.2) is 29.4 Å². The third-order valence-corrected chi connectivity index (χ3v) is 3.85. The van der Waals surface area contributed by atoms with E-state index in [4.69, 9.17) is 4.74 Å². The molecular formula is C16H21NO3. The number of hydrogen-bond acceptors (Lipinski definition) is 3. The van der Waals surface area contributed by atoms with Crippen LogP contribution in [0.4, 0.5) is 0 Å². The molecule has 0 saturated carbocycles. The lowest BCUT2D eigenvalue weighted by atomic mass is 9.85. The lowest BCUT2D eigenvalue weighted by molar-refractivity contribution is -0.177. The first kappa shape index (κ1) is 14.6. The average molecular weight is 275 g/mol. The normalized spacial score (nSPS) is 23.1. The zero-order chi connectivity index (χ0) is 14.7. The van der Waals surface area contributed by atoms with E-state index in [1.165, 1.54) is 0 Å². The van der Waals surface area contributed by atoms with Crippen LogP contribution in [0.15, 0.2) is 30.3 Å². The van der Waals surface area contributed by atoms with Crippen LogP contribution in [0.25, 0.3) is 0 Å². The second-order valence-corrected chi connectivity index (χ2v) is 5.07. The molecule has 0 radical (unpaired) electrons. The Hall–Kier alpha value is -1.84. The van der Waals surface area contributed by atoms with Gasteiger partial charge in [0.15, 0.2) is 0 Å². The molecule has 1 aromatic rings. The number of likely N-dealkylation sites (tertiary alicyclic amines) is 1. The smallest absolute Gasteiger partial charge is 0.329 e. The van der Waals surface area contributed by atoms with Gasteiger partial charge in [0.2, 0.25) is 5.91 Å². The molecule has 0 N–H and O–H groups in total. The number of β-lactam (4-membered cyclic amide) rings is 1. The molecule has 1 unspecified atom stereocenters. The van der Waals surface area contributed by atoms with E-state index in [0.717, 1.165) is 12.0 Å². The van der Waals surface area contributed by atoms with Gasteiger partial charge >= 0.3 is 5.97 Å². The second-order valence-electron chi connectivity index (χ2n) is 5.07. The standard InChI is InChI=1S/C16H21NO3/c1-4-13(12-9-7-6-8-10-12)17-14(11(3)15(17)18)16(19)20-5-2/h6-11,13-14H,4-5H2,1-3H3/t11?,13-,14-/m0/s1. The van der Waals surface area contributed by atoms with Gasteiger partial charge < -0.3 is 9.64 Å². The Kier molecular flexibility index (Phi) is 4.42. The molecule has 1 fully saturated rings. The summed E-state index contributed by atoms with van der Waals surface area (Å²) in [6.07, 6.45) is 0.776. The van der Waals surface area contributed by atoms with Crippen LogP contribution in [-0.2, 0) is 14.3 Å². The molecular weight excluding hydrogens is 254 g/mol. The van der Waals surface area contributed by atoms with E-state index in [1.54, 1.807) is 18.7 Å². The van der Waals surface area contributed by atoms with Crippen molar-refractivity contribution in [3.63, 3.8) is 0 Å². The summed E-state index contributed by atoms with van der Waals surface area (Å²) in [5.74, 6) is -0.556. The second kappa shape index (κ2) is 6.07. The highest BCUT2D eigenvalue weighted by molar-refractivity contribution is 5.97. The molecule has 1 heterocycles. The van der Waals surface area contributed by atoms with Crippen molar-refractivity contribution >= 4 is 11.9 Å². The van der Waals surface area contributed by atoms with Gasteiger partial charge in [0.05, 0.1) is 18.6 Å². The molecule has 0 spiro atoms. The summed E-state index contributed by atoms with van der Waals surface area (Å²) in [5.41, 5.74) is 1.06. The molecule has 0 aromatic heterocycles. The first-order valence-electron chi connectivity index (χ1n) is 7.15. The molecule has 20 heavy (non-hydrogen) atoms. The van der Waals surface area contributed by atoms with E-state index < -0.39 is 6.04 Å². The van der Waals surface area contributed by atoms with E-state index in [9.17, 15) is 9.59 Å². The Morgan fingerprint density at radius 2 is 1.95 bits per heavy atom. The zero-order valence-corrected chi connectivity index (χ0v) is 12.2. The van der Waals surface area contributed by atoms with E-state index in [1.807, 2.05) is 37.3 Å². The van der Waals surface area contributed by atoms with Crippen LogP contribution in [0.3, 0.4) is 0 Å². The SMILES string of the molecule is CCOC(=O)[C@@H]1C(C)C(=O)N1[C@@H](CC)c1ccccc1. The lowest BCUT2D eigenvalue weighted by Crippen LogP contribution is -2.64. The van der Waals surface area contributed by atoms with E-state index in [-0.39, 0.29) is 23.8 Å². The van der Waals surface area contributed by atoms with Gasteiger partial charge in [-0.15, -0.1) is 0 Å². The van der Waals surface area contributed by atoms with Crippen LogP contribution < -0.4 is 0 Å². The van der Waals surface area contributed by atoms with Gasteiger partial charge in [-0.1, -0.05) is 44.2 Å². The fraction of sp³-hybridized carbons (Fsp3) is 0.500. The molecule has 108 valence electrons. The highest BCUT2D eigenvalue weighted by atomic mass is 16.5. The Bertz CT molecular complexity index is 486. The summed E-state index contributed by atoms with van der Waals surface area (Å²) in [6, 6.07) is 9.32. The maximum Gasteiger partial charge on any atom is 0.329 e. The fourth-order valence-electron chi connectivity index (χ4n) is 2.83. The molecule has 4 heteroatoms. The molecule has 1 aliphatic rings. The number of rotatable bonds is 5. The topological polar surface area (TPSA) is 46.6 Å². The summed E-state index contributed by atoms with van der Waals surface area (Å²) < 4.78 is 5.09. The minimum atomic E-state index is -0.451. The Morgan fingerprint density at radius 3 is 2.50 bits per heavy atom. The number of nitrogens with zero attached hydrogens (tertiary/aromatic N) is 1. The average Bonchev–Trinajstić information content (AvgIpc) is 2.48. The summed E-state index contributed by atoms with van der Waals surface area (Å²) in [7, 11) is 0. The number of benzene rings is 1. The van der Waals surface area contributed by atoms with Crippen molar-refractivity contribution in [2.75, 3.05) is 6.61 Å². The molecule has 2 rings (SSSR count). The largest absolute Gasteiger partial charge is 0.464 e. The molecule has 4 nitrogen and oxygen atoms in total. The van der Waals surface area contributed by atoms with Crippen molar-refractivity contribution < 1.29 is 14.3 Å². The van der Waals surface area contributed by atoms with Crippen LogP contribution in [0.2, 0.25) is 0 Å². The molecule has 1 saturated heterocycles. The van der Waals surface area contributed by atoms with Gasteiger partial charge in [0.1, 0.15) is 6.04 Å². The quantitative estimate of drug-likeness (QED) is 0.613. The molecule has 1 aliphatic heterocycles. The molecule has 1 aromatic carbocycles. The Balaban J connectivity index is 2.24. The highest BCUT2D eigenvalue weighted by Gasteiger charge is 2.52. The zero-order valence-electron chi connectivity index (χ0n) is 12.2. The minimum Gasteiger partial charge on any atom is -0.464 e. The number of hydrogen-bond donors (Lipinski definition) is 0. The number of amides is 1. The van der Waals surface area contributed by atoms with Crippen molar-refractivity contribution in [3.05, 3.63) is 35.9 Å². The van der Waals surface area contributed by atoms with Crippen molar-refractivity contribution in [1.82, 2.24) is 4.90 Å². The Morgan fingerprint density at radius 1 is 1.30 bits per heavy atom. The van der Waals surface area contributed by atoms with Gasteiger partial charge in [-0.25, -0.2) is 4.79 Å². The maximum atomic E-state index is 12.2. The summed E-state index contributed by atoms with van der Waals surface area (Å²) >= 11 is 0. The highest BCUT2D eigenvalue weighted by Crippen LogP contribution is 2.37. The maximum absolute atomic E-state index is 12.2. The first-order chi connectivity index (χ1) is 9.61. The molecule has 0 aliphatic carbocycles. The van der Waals surface area contributed by atoms with Crippen molar-refractivity contribution in [2.24, 2.45) is 5.92 Å². The van der Waals surface area contributed by atoms with Gasteiger partial charge in [-0.3, -0.25) is 4.79 Å². The first-order valence-corrected chi connectivity index (χ1v) is 7.15. The van der Waals surface area contributed by atoms with Crippen LogP contribution in [0, 0.1) is 5.92 Å². The van der Waals surface area contributed by atoms with E-state index in [2.05, 4.69) is 0 Å². The van der Waals surface area contributed by atoms with Crippen molar-refractivity contribution in [1.29, 1.82) is 0 Å². The van der Waals surface area contributed by atoms with Gasteiger partial charge in [-0.05, 0) is 18.9 Å². The van der Waals surface area contributed by atoms with E-state index >= 15 is 0 Å². The summed E-state index contributed by atoms with van der Waals surface area (Å²) in [6.45, 7) is 5.93. The fourth-order valence-corrected chi connectivity index (χ4v) is 2.83. The van der Waals surface area contributed by atoms with Gasteiger partial charge in [0, 0.05) is 0 Å². The van der Waals surface area contributed by atoms with Crippen LogP contribution in [0.1, 0.15) is 38.8 Å². The third-order valence-electron chi connectivity index (χ3n) is 3.85. The number of esters is 1. The van der Waals surface area contributed by atoms with E-state index in [0.29, 0.717) is 6.61 Å². The predicted molar refractivity (Wildman–Crippen MR) is 75.9 cm³/mol. The Labute approximate surface area is 119 Å². The number of carbonyl (C=O) groups excluding carboxylic acids is 2. The minimum absolute atomic E-state index is 0.0266. The number of ether oxygens (including phenoxy) is 1. The van der Waals surface area contributed by atoms with Gasteiger partial charge in [-0.2, -0.15) is 0 Å². The third kappa shape index (κ3) is 2.42. The van der Waals surface area contributed by atoms with Gasteiger partial charge in [0.25, 0.3) is 0 Å². The summed E-state index contributed by atoms with van der Waals surface area (Å²) in [4.78, 5) is 25.9. The predicted octanol–water partition coefficient (Wildman–Crippen LogP) is 2.55.